The first-order valence-electron chi connectivity index (χ1n) is 7.18. The van der Waals surface area contributed by atoms with Gasteiger partial charge in [0.15, 0.2) is 0 Å². The molecule has 108 valence electrons. The third-order valence-corrected chi connectivity index (χ3v) is 5.01. The largest absolute Gasteiger partial charge is 0.327 e. The van der Waals surface area contributed by atoms with Crippen molar-refractivity contribution < 1.29 is 4.39 Å². The fourth-order valence-corrected chi connectivity index (χ4v) is 4.01. The number of fused-ring (bicyclic) bond motifs is 1. The SMILES string of the molecule is CC(N)C1CCCCN1Cc1nc2ccc(F)cc2s1. The number of nitrogens with zero attached hydrogens (tertiary/aromatic N) is 2. The van der Waals surface area contributed by atoms with Gasteiger partial charge in [0.1, 0.15) is 10.8 Å². The van der Waals surface area contributed by atoms with Crippen LogP contribution in [0.4, 0.5) is 4.39 Å². The van der Waals surface area contributed by atoms with Gasteiger partial charge in [-0.25, -0.2) is 9.37 Å². The van der Waals surface area contributed by atoms with E-state index in [2.05, 4.69) is 16.8 Å². The molecule has 3 rings (SSSR count). The van der Waals surface area contributed by atoms with Gasteiger partial charge in [0.2, 0.25) is 0 Å². The molecule has 1 aliphatic heterocycles. The zero-order valence-corrected chi connectivity index (χ0v) is 12.5. The molecular weight excluding hydrogens is 273 g/mol. The lowest BCUT2D eigenvalue weighted by Crippen LogP contribution is -2.48. The number of rotatable bonds is 3. The first-order valence-corrected chi connectivity index (χ1v) is 8.00. The van der Waals surface area contributed by atoms with E-state index in [0.29, 0.717) is 6.04 Å². The molecule has 0 spiro atoms. The summed E-state index contributed by atoms with van der Waals surface area (Å²) in [6, 6.07) is 5.41. The zero-order chi connectivity index (χ0) is 14.1. The average Bonchev–Trinajstić information content (AvgIpc) is 2.80. The number of benzene rings is 1. The number of hydrogen-bond acceptors (Lipinski definition) is 4. The van der Waals surface area contributed by atoms with Gasteiger partial charge in [-0.2, -0.15) is 0 Å². The fraction of sp³-hybridized carbons (Fsp3) is 0.533. The highest BCUT2D eigenvalue weighted by Gasteiger charge is 2.26. The molecule has 3 nitrogen and oxygen atoms in total. The molecule has 1 fully saturated rings. The van der Waals surface area contributed by atoms with Gasteiger partial charge in [0, 0.05) is 12.1 Å². The van der Waals surface area contributed by atoms with Crippen LogP contribution in [-0.4, -0.2) is 28.5 Å². The Morgan fingerprint density at radius 1 is 1.50 bits per heavy atom. The van der Waals surface area contributed by atoms with E-state index >= 15 is 0 Å². The topological polar surface area (TPSA) is 42.1 Å². The van der Waals surface area contributed by atoms with Gasteiger partial charge >= 0.3 is 0 Å². The molecule has 2 unspecified atom stereocenters. The number of piperidine rings is 1. The van der Waals surface area contributed by atoms with Crippen LogP contribution in [0, 0.1) is 5.82 Å². The summed E-state index contributed by atoms with van der Waals surface area (Å²) in [5, 5.41) is 1.05. The molecule has 20 heavy (non-hydrogen) atoms. The molecule has 2 heterocycles. The number of nitrogens with two attached hydrogens (primary N) is 1. The van der Waals surface area contributed by atoms with Crippen LogP contribution in [0.3, 0.4) is 0 Å². The number of thiazole rings is 1. The molecular formula is C15H20FN3S. The molecule has 1 aliphatic rings. The molecule has 1 aromatic carbocycles. The van der Waals surface area contributed by atoms with Crippen LogP contribution in [0.5, 0.6) is 0 Å². The summed E-state index contributed by atoms with van der Waals surface area (Å²) in [5.74, 6) is -0.195. The number of halogens is 1. The molecule has 0 saturated carbocycles. The maximum Gasteiger partial charge on any atom is 0.124 e. The van der Waals surface area contributed by atoms with Crippen molar-refractivity contribution in [3.05, 3.63) is 29.0 Å². The monoisotopic (exact) mass is 293 g/mol. The summed E-state index contributed by atoms with van der Waals surface area (Å²) in [5.41, 5.74) is 6.99. The van der Waals surface area contributed by atoms with E-state index in [1.807, 2.05) is 0 Å². The minimum absolute atomic E-state index is 0.183. The lowest BCUT2D eigenvalue weighted by molar-refractivity contribution is 0.123. The van der Waals surface area contributed by atoms with Gasteiger partial charge in [-0.3, -0.25) is 4.90 Å². The first kappa shape index (κ1) is 13.9. The molecule has 0 radical (unpaired) electrons. The van der Waals surface area contributed by atoms with Gasteiger partial charge in [-0.05, 0) is 44.5 Å². The van der Waals surface area contributed by atoms with Crippen LogP contribution in [0.25, 0.3) is 10.2 Å². The van der Waals surface area contributed by atoms with Gasteiger partial charge in [-0.15, -0.1) is 11.3 Å². The Labute approximate surface area is 122 Å². The van der Waals surface area contributed by atoms with E-state index in [1.165, 1.54) is 18.9 Å². The van der Waals surface area contributed by atoms with Crippen molar-refractivity contribution >= 4 is 21.6 Å². The molecule has 0 amide bonds. The minimum Gasteiger partial charge on any atom is -0.327 e. The van der Waals surface area contributed by atoms with Crippen LogP contribution >= 0.6 is 11.3 Å². The van der Waals surface area contributed by atoms with E-state index in [4.69, 9.17) is 5.73 Å². The fourth-order valence-electron chi connectivity index (χ4n) is 3.00. The lowest BCUT2D eigenvalue weighted by atomic mass is 9.97. The third-order valence-electron chi connectivity index (χ3n) is 4.00. The molecule has 2 N–H and O–H groups in total. The second-order valence-corrected chi connectivity index (χ2v) is 6.73. The smallest absolute Gasteiger partial charge is 0.124 e. The van der Waals surface area contributed by atoms with Crippen LogP contribution in [0.1, 0.15) is 31.2 Å². The molecule has 2 atom stereocenters. The van der Waals surface area contributed by atoms with Crippen molar-refractivity contribution in [1.82, 2.24) is 9.88 Å². The van der Waals surface area contributed by atoms with Crippen molar-refractivity contribution in [3.63, 3.8) is 0 Å². The maximum atomic E-state index is 13.2. The van der Waals surface area contributed by atoms with E-state index < -0.39 is 0 Å². The van der Waals surface area contributed by atoms with Crippen molar-refractivity contribution in [2.75, 3.05) is 6.54 Å². The second-order valence-electron chi connectivity index (χ2n) is 5.61. The highest BCUT2D eigenvalue weighted by Crippen LogP contribution is 2.27. The Bertz CT molecular complexity index is 596. The number of likely N-dealkylation sites (tertiary alicyclic amines) is 1. The van der Waals surface area contributed by atoms with Crippen LogP contribution in [0.15, 0.2) is 18.2 Å². The summed E-state index contributed by atoms with van der Waals surface area (Å²) >= 11 is 1.59. The molecule has 0 bridgehead atoms. The van der Waals surface area contributed by atoms with Crippen molar-refractivity contribution in [2.45, 2.75) is 44.8 Å². The summed E-state index contributed by atoms with van der Waals surface area (Å²) in [4.78, 5) is 7.04. The number of hydrogen-bond donors (Lipinski definition) is 1. The first-order chi connectivity index (χ1) is 9.63. The van der Waals surface area contributed by atoms with E-state index in [9.17, 15) is 4.39 Å². The standard InChI is InChI=1S/C15H20FN3S/c1-10(17)13-4-2-3-7-19(13)9-15-18-12-6-5-11(16)8-14(12)20-15/h5-6,8,10,13H,2-4,7,9,17H2,1H3. The van der Waals surface area contributed by atoms with E-state index in [1.54, 1.807) is 23.5 Å². The molecule has 5 heteroatoms. The Morgan fingerprint density at radius 3 is 3.15 bits per heavy atom. The predicted molar refractivity (Wildman–Crippen MR) is 81.3 cm³/mol. The Morgan fingerprint density at radius 2 is 2.35 bits per heavy atom. The molecule has 2 aromatic rings. The van der Waals surface area contributed by atoms with Gasteiger partial charge in [-0.1, -0.05) is 6.42 Å². The quantitative estimate of drug-likeness (QED) is 0.945. The van der Waals surface area contributed by atoms with Crippen molar-refractivity contribution in [2.24, 2.45) is 5.73 Å². The normalized spacial score (nSPS) is 22.2. The predicted octanol–water partition coefficient (Wildman–Crippen LogP) is 3.14. The van der Waals surface area contributed by atoms with E-state index in [-0.39, 0.29) is 11.9 Å². The van der Waals surface area contributed by atoms with Crippen molar-refractivity contribution in [3.8, 4) is 0 Å². The summed E-state index contributed by atoms with van der Waals surface area (Å²) in [7, 11) is 0. The third kappa shape index (κ3) is 2.85. The second kappa shape index (κ2) is 5.76. The Hall–Kier alpha value is -1.04. The highest BCUT2D eigenvalue weighted by atomic mass is 32.1. The van der Waals surface area contributed by atoms with Gasteiger partial charge < -0.3 is 5.73 Å². The summed E-state index contributed by atoms with van der Waals surface area (Å²) < 4.78 is 14.1. The zero-order valence-electron chi connectivity index (χ0n) is 11.7. The Balaban J connectivity index is 1.80. The van der Waals surface area contributed by atoms with Crippen LogP contribution < -0.4 is 5.73 Å². The van der Waals surface area contributed by atoms with Gasteiger partial charge in [0.25, 0.3) is 0 Å². The number of aromatic nitrogens is 1. The maximum absolute atomic E-state index is 13.2. The molecule has 1 aromatic heterocycles. The van der Waals surface area contributed by atoms with Crippen LogP contribution in [-0.2, 0) is 6.54 Å². The summed E-state index contributed by atoms with van der Waals surface area (Å²) in [6.07, 6.45) is 3.65. The van der Waals surface area contributed by atoms with E-state index in [0.717, 1.165) is 34.7 Å². The van der Waals surface area contributed by atoms with Crippen LogP contribution in [0.2, 0.25) is 0 Å². The summed E-state index contributed by atoms with van der Waals surface area (Å²) in [6.45, 7) is 3.99. The highest BCUT2D eigenvalue weighted by molar-refractivity contribution is 7.18. The minimum atomic E-state index is -0.195. The van der Waals surface area contributed by atoms with Crippen molar-refractivity contribution in [1.29, 1.82) is 0 Å². The molecule has 0 aliphatic carbocycles. The average molecular weight is 293 g/mol. The lowest BCUT2D eigenvalue weighted by Gasteiger charge is -2.37. The Kier molecular flexibility index (Phi) is 4.01. The van der Waals surface area contributed by atoms with Gasteiger partial charge in [0.05, 0.1) is 16.8 Å². The molecule has 1 saturated heterocycles.